The molecule has 0 spiro atoms. The Hall–Kier alpha value is 0.0500. The fraction of sp³-hybridized carbons (Fsp3) is 0.500. The predicted octanol–water partition coefficient (Wildman–Crippen LogP) is 1.57. The zero-order chi connectivity index (χ0) is 4.41. The van der Waals surface area contributed by atoms with Gasteiger partial charge in [-0.25, -0.2) is 0 Å². The first-order chi connectivity index (χ1) is 2.89. The van der Waals surface area contributed by atoms with E-state index in [1.165, 1.54) is 16.9 Å². The largest absolute Gasteiger partial charge is 0.306 e. The Kier molecular flexibility index (Phi) is 1.17. The van der Waals surface area contributed by atoms with Crippen LogP contribution in [0.3, 0.4) is 0 Å². The van der Waals surface area contributed by atoms with Crippen LogP contribution in [0.2, 0.25) is 0 Å². The monoisotopic (exact) mass is 102 g/mol. The normalized spacial score (nSPS) is 21.2. The predicted molar refractivity (Wildman–Crippen MR) is 27.3 cm³/mol. The van der Waals surface area contributed by atoms with Crippen molar-refractivity contribution in [3.8, 4) is 0 Å². The summed E-state index contributed by atoms with van der Waals surface area (Å²) in [4.78, 5) is 1.27. The van der Waals surface area contributed by atoms with Crippen molar-refractivity contribution in [1.82, 2.24) is 0 Å². The molecule has 0 saturated heterocycles. The first-order valence-electron chi connectivity index (χ1n) is 1.86. The first kappa shape index (κ1) is 4.22. The lowest BCUT2D eigenvalue weighted by atomic mass is 10.6. The maximum Gasteiger partial charge on any atom is 0.0811 e. The van der Waals surface area contributed by atoms with Crippen LogP contribution in [0.25, 0.3) is 0 Å². The molecular formula is C4H6OS. The molecule has 0 N–H and O–H groups in total. The summed E-state index contributed by atoms with van der Waals surface area (Å²) in [6, 6.07) is 0. The average molecular weight is 102 g/mol. The highest BCUT2D eigenvalue weighted by atomic mass is 32.2. The van der Waals surface area contributed by atoms with Gasteiger partial charge in [0.05, 0.1) is 6.61 Å². The van der Waals surface area contributed by atoms with E-state index in [4.69, 9.17) is 4.18 Å². The van der Waals surface area contributed by atoms with Crippen LogP contribution < -0.4 is 0 Å². The Morgan fingerprint density at radius 3 is 3.00 bits per heavy atom. The van der Waals surface area contributed by atoms with Crippen LogP contribution in [0.4, 0.5) is 0 Å². The molecular weight excluding hydrogens is 96.1 g/mol. The minimum absolute atomic E-state index is 0.788. The molecule has 0 bridgehead atoms. The van der Waals surface area contributed by atoms with Crippen LogP contribution in [0.5, 0.6) is 0 Å². The smallest absolute Gasteiger partial charge is 0.0811 e. The van der Waals surface area contributed by atoms with Crippen molar-refractivity contribution in [3.63, 3.8) is 0 Å². The molecule has 0 unspecified atom stereocenters. The maximum atomic E-state index is 4.88. The van der Waals surface area contributed by atoms with Crippen LogP contribution in [-0.4, -0.2) is 6.61 Å². The number of rotatable bonds is 0. The summed E-state index contributed by atoms with van der Waals surface area (Å²) in [6.07, 6.45) is 2.06. The maximum absolute atomic E-state index is 4.88. The molecule has 1 rings (SSSR count). The summed E-state index contributed by atoms with van der Waals surface area (Å²) in [5.74, 6) is 0. The third-order valence-electron chi connectivity index (χ3n) is 0.629. The quantitative estimate of drug-likeness (QED) is 0.429. The van der Waals surface area contributed by atoms with E-state index >= 15 is 0 Å². The van der Waals surface area contributed by atoms with Crippen LogP contribution in [-0.2, 0) is 4.18 Å². The van der Waals surface area contributed by atoms with Crippen molar-refractivity contribution >= 4 is 12.0 Å². The van der Waals surface area contributed by atoms with E-state index < -0.39 is 0 Å². The van der Waals surface area contributed by atoms with E-state index in [-0.39, 0.29) is 0 Å². The summed E-state index contributed by atoms with van der Waals surface area (Å²) in [7, 11) is 0. The van der Waals surface area contributed by atoms with Gasteiger partial charge in [0, 0.05) is 16.9 Å². The Bertz CT molecular complexity index is 77.6. The standard InChI is InChI=1S/C4H6OS/c1-4-2-3-5-6-4/h2H,3H2,1H3. The Balaban J connectivity index is 2.45. The Morgan fingerprint density at radius 2 is 2.83 bits per heavy atom. The van der Waals surface area contributed by atoms with Gasteiger partial charge in [-0.15, -0.1) is 0 Å². The molecule has 0 aromatic heterocycles. The topological polar surface area (TPSA) is 9.23 Å². The van der Waals surface area contributed by atoms with E-state index in [0.29, 0.717) is 0 Å². The molecule has 1 aliphatic heterocycles. The second-order valence-corrected chi connectivity index (χ2v) is 2.23. The number of hydrogen-bond donors (Lipinski definition) is 0. The van der Waals surface area contributed by atoms with Crippen molar-refractivity contribution in [3.05, 3.63) is 11.0 Å². The van der Waals surface area contributed by atoms with Crippen molar-refractivity contribution < 1.29 is 4.18 Å². The van der Waals surface area contributed by atoms with Gasteiger partial charge in [-0.1, -0.05) is 0 Å². The van der Waals surface area contributed by atoms with Gasteiger partial charge in [0.25, 0.3) is 0 Å². The summed E-state index contributed by atoms with van der Waals surface area (Å²) in [6.45, 7) is 2.83. The fourth-order valence-electron chi connectivity index (χ4n) is 0.312. The molecule has 0 aliphatic carbocycles. The van der Waals surface area contributed by atoms with Gasteiger partial charge >= 0.3 is 0 Å². The van der Waals surface area contributed by atoms with Crippen LogP contribution >= 0.6 is 12.0 Å². The zero-order valence-corrected chi connectivity index (χ0v) is 4.42. The highest BCUT2D eigenvalue weighted by molar-refractivity contribution is 7.98. The van der Waals surface area contributed by atoms with E-state index in [1.54, 1.807) is 0 Å². The highest BCUT2D eigenvalue weighted by Gasteiger charge is 1.96. The van der Waals surface area contributed by atoms with Crippen molar-refractivity contribution in [2.24, 2.45) is 0 Å². The average Bonchev–Trinajstić information content (AvgIpc) is 1.86. The molecule has 0 fully saturated rings. The van der Waals surface area contributed by atoms with Gasteiger partial charge < -0.3 is 4.18 Å². The van der Waals surface area contributed by atoms with Gasteiger partial charge in [-0.05, 0) is 13.0 Å². The van der Waals surface area contributed by atoms with Crippen LogP contribution in [0.15, 0.2) is 11.0 Å². The first-order valence-corrected chi connectivity index (χ1v) is 2.60. The van der Waals surface area contributed by atoms with E-state index in [9.17, 15) is 0 Å². The zero-order valence-electron chi connectivity index (χ0n) is 3.60. The summed E-state index contributed by atoms with van der Waals surface area (Å²) in [5, 5.41) is 0. The minimum atomic E-state index is 0.788. The molecule has 1 heterocycles. The fourth-order valence-corrected chi connectivity index (χ4v) is 0.770. The van der Waals surface area contributed by atoms with Gasteiger partial charge in [-0.2, -0.15) is 0 Å². The van der Waals surface area contributed by atoms with Crippen molar-refractivity contribution in [1.29, 1.82) is 0 Å². The molecule has 0 saturated carbocycles. The van der Waals surface area contributed by atoms with Gasteiger partial charge in [-0.3, -0.25) is 0 Å². The molecule has 1 nitrogen and oxygen atoms in total. The van der Waals surface area contributed by atoms with Gasteiger partial charge in [0.2, 0.25) is 0 Å². The number of allylic oxidation sites excluding steroid dienone is 1. The molecule has 6 heavy (non-hydrogen) atoms. The van der Waals surface area contributed by atoms with E-state index in [2.05, 4.69) is 6.08 Å². The van der Waals surface area contributed by atoms with Gasteiger partial charge in [0.15, 0.2) is 0 Å². The van der Waals surface area contributed by atoms with E-state index in [0.717, 1.165) is 6.61 Å². The van der Waals surface area contributed by atoms with Crippen molar-refractivity contribution in [2.75, 3.05) is 6.61 Å². The minimum Gasteiger partial charge on any atom is -0.306 e. The molecule has 0 radical (unpaired) electrons. The van der Waals surface area contributed by atoms with Crippen LogP contribution in [0.1, 0.15) is 6.92 Å². The molecule has 0 aromatic carbocycles. The molecule has 0 atom stereocenters. The SMILES string of the molecule is CC1=CCOS1. The van der Waals surface area contributed by atoms with Crippen molar-refractivity contribution in [2.45, 2.75) is 6.92 Å². The Morgan fingerprint density at radius 1 is 2.00 bits per heavy atom. The van der Waals surface area contributed by atoms with Gasteiger partial charge in [0.1, 0.15) is 0 Å². The molecule has 1 aliphatic rings. The summed E-state index contributed by atoms with van der Waals surface area (Å²) >= 11 is 1.46. The molecule has 2 heteroatoms. The lowest BCUT2D eigenvalue weighted by Gasteiger charge is -1.81. The lowest BCUT2D eigenvalue weighted by molar-refractivity contribution is 0.442. The number of hydrogen-bond acceptors (Lipinski definition) is 2. The molecule has 0 amide bonds. The molecule has 0 aromatic rings. The second-order valence-electron chi connectivity index (χ2n) is 1.18. The molecule has 34 valence electrons. The van der Waals surface area contributed by atoms with E-state index in [1.807, 2.05) is 6.92 Å². The summed E-state index contributed by atoms with van der Waals surface area (Å²) in [5.41, 5.74) is 0. The third-order valence-corrected chi connectivity index (χ3v) is 1.31. The summed E-state index contributed by atoms with van der Waals surface area (Å²) < 4.78 is 4.88. The highest BCUT2D eigenvalue weighted by Crippen LogP contribution is 2.21. The Labute approximate surface area is 41.6 Å². The lowest BCUT2D eigenvalue weighted by Crippen LogP contribution is -1.64. The third kappa shape index (κ3) is 0.758. The van der Waals surface area contributed by atoms with Crippen LogP contribution in [0, 0.1) is 0 Å². The second kappa shape index (κ2) is 1.67.